The second-order valence-electron chi connectivity index (χ2n) is 7.19. The first-order chi connectivity index (χ1) is 11.6. The van der Waals surface area contributed by atoms with Crippen molar-refractivity contribution in [3.63, 3.8) is 0 Å². The zero-order valence-electron chi connectivity index (χ0n) is 14.9. The third kappa shape index (κ3) is 4.08. The van der Waals surface area contributed by atoms with Crippen LogP contribution in [-0.4, -0.2) is 49.1 Å². The molecule has 1 saturated carbocycles. The van der Waals surface area contributed by atoms with E-state index in [-0.39, 0.29) is 11.9 Å². The van der Waals surface area contributed by atoms with Crippen LogP contribution < -0.4 is 15.4 Å². The molecule has 1 heterocycles. The van der Waals surface area contributed by atoms with Crippen LogP contribution in [0.2, 0.25) is 0 Å². The van der Waals surface area contributed by atoms with Crippen LogP contribution in [0.5, 0.6) is 5.75 Å². The standard InChI is InChI=1S/C19H29N3O2/c1-13(2)21-18(23)12-20-17-9-10-22(15-7-8-15)19(17)14-5-4-6-16(11-14)24-3/h4-6,11,13,15,17,19-20H,7-10,12H2,1-3H3,(H,21,23)/t17-,19-/m0/s1. The monoisotopic (exact) mass is 331 g/mol. The maximum Gasteiger partial charge on any atom is 0.234 e. The lowest BCUT2D eigenvalue weighted by atomic mass is 9.99. The van der Waals surface area contributed by atoms with Gasteiger partial charge in [0.1, 0.15) is 5.75 Å². The summed E-state index contributed by atoms with van der Waals surface area (Å²) in [7, 11) is 1.71. The van der Waals surface area contributed by atoms with Crippen molar-refractivity contribution in [3.8, 4) is 5.75 Å². The SMILES string of the molecule is COc1cccc([C@H]2[C@@H](NCC(=O)NC(C)C)CCN2C2CC2)c1. The molecule has 1 aliphatic carbocycles. The number of ether oxygens (including phenoxy) is 1. The fourth-order valence-electron chi connectivity index (χ4n) is 3.69. The Balaban J connectivity index is 1.71. The molecular formula is C19H29N3O2. The van der Waals surface area contributed by atoms with Gasteiger partial charge in [0.05, 0.1) is 19.7 Å². The van der Waals surface area contributed by atoms with Crippen LogP contribution in [0.25, 0.3) is 0 Å². The molecular weight excluding hydrogens is 302 g/mol. The maximum absolute atomic E-state index is 12.0. The van der Waals surface area contributed by atoms with Crippen LogP contribution in [0.1, 0.15) is 44.7 Å². The van der Waals surface area contributed by atoms with Crippen LogP contribution in [0.15, 0.2) is 24.3 Å². The predicted octanol–water partition coefficient (Wildman–Crippen LogP) is 2.09. The number of carbonyl (C=O) groups is 1. The van der Waals surface area contributed by atoms with Gasteiger partial charge in [-0.15, -0.1) is 0 Å². The minimum atomic E-state index is 0.0688. The van der Waals surface area contributed by atoms with Crippen molar-refractivity contribution in [2.75, 3.05) is 20.2 Å². The summed E-state index contributed by atoms with van der Waals surface area (Å²) in [5.74, 6) is 0.964. The lowest BCUT2D eigenvalue weighted by Crippen LogP contribution is -2.43. The van der Waals surface area contributed by atoms with Gasteiger partial charge < -0.3 is 15.4 Å². The molecule has 2 atom stereocenters. The molecule has 132 valence electrons. The van der Waals surface area contributed by atoms with Gasteiger partial charge in [-0.25, -0.2) is 0 Å². The molecule has 1 aromatic carbocycles. The van der Waals surface area contributed by atoms with Crippen LogP contribution in [-0.2, 0) is 4.79 Å². The van der Waals surface area contributed by atoms with Gasteiger partial charge in [0, 0.05) is 24.7 Å². The molecule has 0 aromatic heterocycles. The molecule has 0 spiro atoms. The van der Waals surface area contributed by atoms with Gasteiger partial charge in [-0.05, 0) is 50.8 Å². The quantitative estimate of drug-likeness (QED) is 0.803. The summed E-state index contributed by atoms with van der Waals surface area (Å²) in [6.07, 6.45) is 3.66. The summed E-state index contributed by atoms with van der Waals surface area (Å²) >= 11 is 0. The van der Waals surface area contributed by atoms with Crippen molar-refractivity contribution in [3.05, 3.63) is 29.8 Å². The lowest BCUT2D eigenvalue weighted by Gasteiger charge is -2.29. The van der Waals surface area contributed by atoms with E-state index in [2.05, 4.69) is 33.7 Å². The highest BCUT2D eigenvalue weighted by Gasteiger charge is 2.42. The Kier molecular flexibility index (Phi) is 5.41. The van der Waals surface area contributed by atoms with Crippen LogP contribution >= 0.6 is 0 Å². The second kappa shape index (κ2) is 7.53. The summed E-state index contributed by atoms with van der Waals surface area (Å²) in [5.41, 5.74) is 1.28. The van der Waals surface area contributed by atoms with E-state index in [0.717, 1.165) is 18.7 Å². The number of carbonyl (C=O) groups excluding carboxylic acids is 1. The number of nitrogens with zero attached hydrogens (tertiary/aromatic N) is 1. The maximum atomic E-state index is 12.0. The molecule has 2 fully saturated rings. The number of benzene rings is 1. The van der Waals surface area contributed by atoms with E-state index < -0.39 is 0 Å². The lowest BCUT2D eigenvalue weighted by molar-refractivity contribution is -0.120. The molecule has 24 heavy (non-hydrogen) atoms. The topological polar surface area (TPSA) is 53.6 Å². The summed E-state index contributed by atoms with van der Waals surface area (Å²) in [6, 6.07) is 9.86. The Hall–Kier alpha value is -1.59. The summed E-state index contributed by atoms with van der Waals surface area (Å²) in [6.45, 7) is 5.44. The molecule has 1 aromatic rings. The Morgan fingerprint density at radius 3 is 2.79 bits per heavy atom. The van der Waals surface area contributed by atoms with E-state index >= 15 is 0 Å². The largest absolute Gasteiger partial charge is 0.497 e. The molecule has 0 bridgehead atoms. The van der Waals surface area contributed by atoms with E-state index in [1.54, 1.807) is 7.11 Å². The second-order valence-corrected chi connectivity index (χ2v) is 7.19. The highest BCUT2D eigenvalue weighted by atomic mass is 16.5. The van der Waals surface area contributed by atoms with Gasteiger partial charge in [-0.2, -0.15) is 0 Å². The average Bonchev–Trinajstić information content (AvgIpc) is 3.32. The van der Waals surface area contributed by atoms with E-state index in [9.17, 15) is 4.79 Å². The van der Waals surface area contributed by atoms with Gasteiger partial charge in [0.2, 0.25) is 5.91 Å². The number of methoxy groups -OCH3 is 1. The van der Waals surface area contributed by atoms with Gasteiger partial charge in [0.25, 0.3) is 0 Å². The van der Waals surface area contributed by atoms with Crippen molar-refractivity contribution in [2.45, 2.75) is 57.3 Å². The normalized spacial score (nSPS) is 24.3. The zero-order chi connectivity index (χ0) is 17.1. The Labute approximate surface area is 144 Å². The fourth-order valence-corrected chi connectivity index (χ4v) is 3.69. The van der Waals surface area contributed by atoms with E-state index in [1.807, 2.05) is 19.9 Å². The molecule has 3 rings (SSSR count). The van der Waals surface area contributed by atoms with Gasteiger partial charge in [-0.1, -0.05) is 12.1 Å². The number of nitrogens with one attached hydrogen (secondary N) is 2. The highest BCUT2D eigenvalue weighted by Crippen LogP contribution is 2.41. The number of hydrogen-bond acceptors (Lipinski definition) is 4. The van der Waals surface area contributed by atoms with Crippen molar-refractivity contribution >= 4 is 5.91 Å². The van der Waals surface area contributed by atoms with Crippen molar-refractivity contribution < 1.29 is 9.53 Å². The number of rotatable bonds is 7. The third-order valence-corrected chi connectivity index (χ3v) is 4.86. The summed E-state index contributed by atoms with van der Waals surface area (Å²) < 4.78 is 5.40. The summed E-state index contributed by atoms with van der Waals surface area (Å²) in [5, 5.41) is 6.44. The minimum Gasteiger partial charge on any atom is -0.497 e. The van der Waals surface area contributed by atoms with Gasteiger partial charge in [-0.3, -0.25) is 9.69 Å². The number of likely N-dealkylation sites (tertiary alicyclic amines) is 1. The van der Waals surface area contributed by atoms with Crippen molar-refractivity contribution in [1.29, 1.82) is 0 Å². The van der Waals surface area contributed by atoms with E-state index in [1.165, 1.54) is 18.4 Å². The summed E-state index contributed by atoms with van der Waals surface area (Å²) in [4.78, 5) is 14.6. The average molecular weight is 331 g/mol. The van der Waals surface area contributed by atoms with E-state index in [4.69, 9.17) is 4.74 Å². The Bertz CT molecular complexity index is 571. The molecule has 2 aliphatic rings. The van der Waals surface area contributed by atoms with Crippen LogP contribution in [0.4, 0.5) is 0 Å². The molecule has 1 aliphatic heterocycles. The molecule has 0 radical (unpaired) electrons. The molecule has 5 heteroatoms. The Morgan fingerprint density at radius 2 is 2.12 bits per heavy atom. The van der Waals surface area contributed by atoms with E-state index in [0.29, 0.717) is 24.7 Å². The molecule has 2 N–H and O–H groups in total. The van der Waals surface area contributed by atoms with Crippen LogP contribution in [0.3, 0.4) is 0 Å². The van der Waals surface area contributed by atoms with Gasteiger partial charge in [0.15, 0.2) is 0 Å². The Morgan fingerprint density at radius 1 is 1.33 bits per heavy atom. The third-order valence-electron chi connectivity index (χ3n) is 4.86. The molecule has 5 nitrogen and oxygen atoms in total. The fraction of sp³-hybridized carbons (Fsp3) is 0.632. The number of amides is 1. The van der Waals surface area contributed by atoms with Crippen molar-refractivity contribution in [2.24, 2.45) is 0 Å². The molecule has 1 amide bonds. The van der Waals surface area contributed by atoms with Crippen molar-refractivity contribution in [1.82, 2.24) is 15.5 Å². The number of hydrogen-bond donors (Lipinski definition) is 2. The highest BCUT2D eigenvalue weighted by molar-refractivity contribution is 5.78. The predicted molar refractivity (Wildman–Crippen MR) is 95.1 cm³/mol. The van der Waals surface area contributed by atoms with Gasteiger partial charge >= 0.3 is 0 Å². The smallest absolute Gasteiger partial charge is 0.234 e. The molecule has 1 saturated heterocycles. The first-order valence-corrected chi connectivity index (χ1v) is 9.01. The zero-order valence-corrected chi connectivity index (χ0v) is 14.9. The molecule has 0 unspecified atom stereocenters. The minimum absolute atomic E-state index is 0.0688. The first kappa shape index (κ1) is 17.2. The first-order valence-electron chi connectivity index (χ1n) is 9.01. The van der Waals surface area contributed by atoms with Crippen LogP contribution in [0, 0.1) is 0 Å².